The first-order valence-electron chi connectivity index (χ1n) is 9.74. The van der Waals surface area contributed by atoms with Crippen molar-refractivity contribution in [1.29, 1.82) is 0 Å². The zero-order valence-electron chi connectivity index (χ0n) is 17.6. The van der Waals surface area contributed by atoms with Gasteiger partial charge in [0.25, 0.3) is 0 Å². The molecule has 3 aromatic rings. The van der Waals surface area contributed by atoms with E-state index in [0.29, 0.717) is 10.6 Å². The number of ether oxygens (including phenoxy) is 1. The summed E-state index contributed by atoms with van der Waals surface area (Å²) >= 11 is 6.01. The van der Waals surface area contributed by atoms with Crippen LogP contribution in [-0.4, -0.2) is 28.5 Å². The number of amides is 1. The van der Waals surface area contributed by atoms with Crippen LogP contribution >= 0.6 is 11.6 Å². The van der Waals surface area contributed by atoms with Crippen molar-refractivity contribution in [2.75, 3.05) is 14.2 Å². The molecule has 0 saturated heterocycles. The van der Waals surface area contributed by atoms with Crippen molar-refractivity contribution in [3.63, 3.8) is 0 Å². The molecule has 166 valence electrons. The minimum Gasteiger partial charge on any atom is -0.495 e. The van der Waals surface area contributed by atoms with Gasteiger partial charge in [-0.05, 0) is 54.1 Å². The van der Waals surface area contributed by atoms with Crippen LogP contribution in [0, 0.1) is 0 Å². The molecule has 0 bridgehead atoms. The number of methoxy groups -OCH3 is 1. The number of sulfonamides is 1. The van der Waals surface area contributed by atoms with Gasteiger partial charge in [-0.2, -0.15) is 0 Å². The predicted molar refractivity (Wildman–Crippen MR) is 126 cm³/mol. The summed E-state index contributed by atoms with van der Waals surface area (Å²) in [5, 5.41) is 3.60. The van der Waals surface area contributed by atoms with Gasteiger partial charge in [-0.1, -0.05) is 60.1 Å². The molecule has 0 saturated carbocycles. The highest BCUT2D eigenvalue weighted by Crippen LogP contribution is 2.26. The molecule has 3 rings (SSSR count). The van der Waals surface area contributed by atoms with E-state index in [4.69, 9.17) is 16.3 Å². The molecule has 3 aromatic carbocycles. The van der Waals surface area contributed by atoms with Crippen LogP contribution in [-0.2, 0) is 14.8 Å². The second-order valence-corrected chi connectivity index (χ2v) is 9.15. The summed E-state index contributed by atoms with van der Waals surface area (Å²) < 4.78 is 31.9. The summed E-state index contributed by atoms with van der Waals surface area (Å²) in [6.07, 6.45) is 2.91. The third kappa shape index (κ3) is 5.76. The summed E-state index contributed by atoms with van der Waals surface area (Å²) in [4.78, 5) is 12.7. The lowest BCUT2D eigenvalue weighted by molar-refractivity contribution is -0.116. The molecule has 0 aliphatic heterocycles. The maximum Gasteiger partial charge on any atom is 0.244 e. The van der Waals surface area contributed by atoms with Gasteiger partial charge in [-0.3, -0.25) is 4.79 Å². The summed E-state index contributed by atoms with van der Waals surface area (Å²) in [6, 6.07) is 21.1. The minimum atomic E-state index is -3.72. The molecular formula is C24H23ClN2O4S. The van der Waals surface area contributed by atoms with E-state index in [9.17, 15) is 13.2 Å². The maximum absolute atomic E-state index is 12.7. The quantitative estimate of drug-likeness (QED) is 0.484. The van der Waals surface area contributed by atoms with Crippen molar-refractivity contribution in [3.05, 3.63) is 101 Å². The third-order valence-electron chi connectivity index (χ3n) is 4.80. The van der Waals surface area contributed by atoms with E-state index >= 15 is 0 Å². The maximum atomic E-state index is 12.7. The van der Waals surface area contributed by atoms with E-state index in [1.807, 2.05) is 42.5 Å². The van der Waals surface area contributed by atoms with Crippen LogP contribution in [0.25, 0.3) is 6.08 Å². The van der Waals surface area contributed by atoms with Gasteiger partial charge in [-0.25, -0.2) is 13.1 Å². The Hall–Kier alpha value is -3.13. The fourth-order valence-corrected chi connectivity index (χ4v) is 4.19. The van der Waals surface area contributed by atoms with E-state index in [1.165, 1.54) is 26.3 Å². The summed E-state index contributed by atoms with van der Waals surface area (Å²) in [5.41, 5.74) is 2.34. The van der Waals surface area contributed by atoms with Crippen LogP contribution in [0.5, 0.6) is 5.75 Å². The van der Waals surface area contributed by atoms with Crippen molar-refractivity contribution in [2.45, 2.75) is 10.9 Å². The van der Waals surface area contributed by atoms with E-state index in [1.54, 1.807) is 30.3 Å². The van der Waals surface area contributed by atoms with E-state index in [2.05, 4.69) is 10.0 Å². The van der Waals surface area contributed by atoms with Crippen molar-refractivity contribution in [2.24, 2.45) is 0 Å². The van der Waals surface area contributed by atoms with Gasteiger partial charge < -0.3 is 10.1 Å². The number of hydrogen-bond donors (Lipinski definition) is 2. The van der Waals surface area contributed by atoms with Gasteiger partial charge in [0.2, 0.25) is 15.9 Å². The molecule has 0 spiro atoms. The number of benzene rings is 3. The van der Waals surface area contributed by atoms with E-state index < -0.39 is 10.0 Å². The Morgan fingerprint density at radius 2 is 1.66 bits per heavy atom. The van der Waals surface area contributed by atoms with Crippen molar-refractivity contribution >= 4 is 33.6 Å². The number of rotatable bonds is 8. The summed E-state index contributed by atoms with van der Waals surface area (Å²) in [7, 11) is -0.996. The molecule has 1 atom stereocenters. The van der Waals surface area contributed by atoms with Gasteiger partial charge in [0.1, 0.15) is 10.6 Å². The molecule has 0 aromatic heterocycles. The van der Waals surface area contributed by atoms with Gasteiger partial charge in [0.15, 0.2) is 0 Å². The predicted octanol–water partition coefficient (Wildman–Crippen LogP) is 4.18. The number of nitrogens with one attached hydrogen (secondary N) is 2. The molecule has 0 aliphatic carbocycles. The van der Waals surface area contributed by atoms with E-state index in [-0.39, 0.29) is 22.6 Å². The van der Waals surface area contributed by atoms with Crippen molar-refractivity contribution in [1.82, 2.24) is 10.0 Å². The normalized spacial score (nSPS) is 12.5. The van der Waals surface area contributed by atoms with Crippen LogP contribution in [0.1, 0.15) is 22.7 Å². The zero-order valence-corrected chi connectivity index (χ0v) is 19.2. The smallest absolute Gasteiger partial charge is 0.244 e. The van der Waals surface area contributed by atoms with Gasteiger partial charge in [-0.15, -0.1) is 0 Å². The summed E-state index contributed by atoms with van der Waals surface area (Å²) in [6.45, 7) is 0. The van der Waals surface area contributed by atoms with Crippen LogP contribution in [0.4, 0.5) is 0 Å². The lowest BCUT2D eigenvalue weighted by Gasteiger charge is -2.19. The Balaban J connectivity index is 1.85. The largest absolute Gasteiger partial charge is 0.495 e. The lowest BCUT2D eigenvalue weighted by atomic mass is 9.98. The van der Waals surface area contributed by atoms with Crippen LogP contribution in [0.15, 0.2) is 83.8 Å². The fourth-order valence-electron chi connectivity index (χ4n) is 3.14. The number of carbonyl (C=O) groups is 1. The number of carbonyl (C=O) groups excluding carboxylic acids is 1. The minimum absolute atomic E-state index is 0.00613. The zero-order chi connectivity index (χ0) is 23.1. The second kappa shape index (κ2) is 10.5. The Kier molecular flexibility index (Phi) is 7.69. The molecule has 6 nitrogen and oxygen atoms in total. The highest BCUT2D eigenvalue weighted by Gasteiger charge is 2.18. The third-order valence-corrected chi connectivity index (χ3v) is 6.48. The molecule has 0 heterocycles. The molecule has 32 heavy (non-hydrogen) atoms. The van der Waals surface area contributed by atoms with Crippen LogP contribution < -0.4 is 14.8 Å². The average Bonchev–Trinajstić information content (AvgIpc) is 2.82. The molecule has 0 radical (unpaired) electrons. The first-order chi connectivity index (χ1) is 15.3. The van der Waals surface area contributed by atoms with Gasteiger partial charge >= 0.3 is 0 Å². The first kappa shape index (κ1) is 23.5. The Morgan fingerprint density at radius 1 is 1.00 bits per heavy atom. The van der Waals surface area contributed by atoms with Crippen molar-refractivity contribution in [3.8, 4) is 5.75 Å². The Labute approximate surface area is 192 Å². The Morgan fingerprint density at radius 3 is 2.28 bits per heavy atom. The topological polar surface area (TPSA) is 84.5 Å². The lowest BCUT2D eigenvalue weighted by Crippen LogP contribution is -2.27. The number of halogens is 1. The number of hydrogen-bond acceptors (Lipinski definition) is 4. The average molecular weight is 471 g/mol. The molecule has 0 aliphatic rings. The van der Waals surface area contributed by atoms with Gasteiger partial charge in [0, 0.05) is 11.1 Å². The molecule has 0 fully saturated rings. The first-order valence-corrected chi connectivity index (χ1v) is 11.6. The fraction of sp³-hybridized carbons (Fsp3) is 0.125. The van der Waals surface area contributed by atoms with Gasteiger partial charge in [0.05, 0.1) is 13.2 Å². The van der Waals surface area contributed by atoms with E-state index in [0.717, 1.165) is 11.1 Å². The monoisotopic (exact) mass is 470 g/mol. The van der Waals surface area contributed by atoms with Crippen LogP contribution in [0.2, 0.25) is 5.02 Å². The highest BCUT2D eigenvalue weighted by atomic mass is 35.5. The standard InChI is InChI=1S/C24H23ClN2O4S/c1-26-32(29,30)22-16-17(8-14-21(22)31-2)9-15-23(28)27-24(18-6-4-3-5-7-18)19-10-12-20(25)13-11-19/h3-16,24,26H,1-2H3,(H,27,28)/b15-9+. The summed E-state index contributed by atoms with van der Waals surface area (Å²) in [5.74, 6) is -0.115. The SMILES string of the molecule is CNS(=O)(=O)c1cc(/C=C/C(=O)NC(c2ccccc2)c2ccc(Cl)cc2)ccc1OC. The second-order valence-electron chi connectivity index (χ2n) is 6.86. The highest BCUT2D eigenvalue weighted by molar-refractivity contribution is 7.89. The molecule has 1 amide bonds. The van der Waals surface area contributed by atoms with Crippen molar-refractivity contribution < 1.29 is 17.9 Å². The Bertz CT molecular complexity index is 1210. The molecule has 1 unspecified atom stereocenters. The molecule has 8 heteroatoms. The molecule has 2 N–H and O–H groups in total. The molecular weight excluding hydrogens is 448 g/mol. The van der Waals surface area contributed by atoms with Crippen LogP contribution in [0.3, 0.4) is 0 Å².